The van der Waals surface area contributed by atoms with Crippen molar-refractivity contribution in [2.24, 2.45) is 5.41 Å². The van der Waals surface area contributed by atoms with Gasteiger partial charge in [0.2, 0.25) is 5.91 Å². The number of benzene rings is 3. The van der Waals surface area contributed by atoms with Gasteiger partial charge < -0.3 is 5.32 Å². The minimum absolute atomic E-state index is 0.00516. The summed E-state index contributed by atoms with van der Waals surface area (Å²) in [6.45, 7) is 2.06. The van der Waals surface area contributed by atoms with Gasteiger partial charge in [0.1, 0.15) is 0 Å². The molecule has 4 heteroatoms. The van der Waals surface area contributed by atoms with Gasteiger partial charge in [0.05, 0.1) is 5.41 Å². The molecule has 0 saturated heterocycles. The second-order valence-corrected chi connectivity index (χ2v) is 9.15. The molecule has 5 rings (SSSR count). The molecular formula is C28H22N2OS. The molecule has 1 amide bonds. The Labute approximate surface area is 192 Å². The lowest BCUT2D eigenvalue weighted by Crippen LogP contribution is -2.37. The van der Waals surface area contributed by atoms with E-state index in [-0.39, 0.29) is 11.8 Å². The second kappa shape index (κ2) is 8.45. The molecule has 32 heavy (non-hydrogen) atoms. The number of amides is 1. The normalized spacial score (nSPS) is 19.0. The molecule has 3 nitrogen and oxygen atoms in total. The van der Waals surface area contributed by atoms with Crippen LogP contribution < -0.4 is 5.32 Å². The second-order valence-electron chi connectivity index (χ2n) is 8.26. The van der Waals surface area contributed by atoms with Gasteiger partial charge in [-0.2, -0.15) is 0 Å². The van der Waals surface area contributed by atoms with E-state index in [2.05, 4.69) is 59.4 Å². The lowest BCUT2D eigenvalue weighted by Gasteiger charge is -2.31. The fourth-order valence-corrected chi connectivity index (χ4v) is 5.06. The zero-order valence-electron chi connectivity index (χ0n) is 17.7. The van der Waals surface area contributed by atoms with Gasteiger partial charge in [0.25, 0.3) is 0 Å². The highest BCUT2D eigenvalue weighted by Crippen LogP contribution is 2.51. The number of nitrogens with zero attached hydrogens (tertiary/aromatic N) is 1. The number of aromatic nitrogens is 1. The summed E-state index contributed by atoms with van der Waals surface area (Å²) in [7, 11) is 0. The predicted octanol–water partition coefficient (Wildman–Crippen LogP) is 5.88. The van der Waals surface area contributed by atoms with Gasteiger partial charge in [-0.3, -0.25) is 4.79 Å². The molecule has 1 aliphatic carbocycles. The average Bonchev–Trinajstić information content (AvgIpc) is 3.44. The molecule has 1 N–H and O–H groups in total. The minimum Gasteiger partial charge on any atom is -0.301 e. The van der Waals surface area contributed by atoms with Crippen molar-refractivity contribution < 1.29 is 4.79 Å². The van der Waals surface area contributed by atoms with Crippen molar-refractivity contribution in [3.8, 4) is 11.8 Å². The topological polar surface area (TPSA) is 42.0 Å². The van der Waals surface area contributed by atoms with E-state index in [0.29, 0.717) is 11.6 Å². The van der Waals surface area contributed by atoms with Crippen LogP contribution in [0.5, 0.6) is 0 Å². The number of nitrogens with one attached hydrogen (secondary N) is 1. The molecule has 0 bridgehead atoms. The van der Waals surface area contributed by atoms with Crippen LogP contribution in [0.1, 0.15) is 40.7 Å². The smallest absolute Gasteiger partial charge is 0.233 e. The molecule has 1 aliphatic rings. The lowest BCUT2D eigenvalue weighted by molar-refractivity contribution is -0.125. The van der Waals surface area contributed by atoms with Crippen molar-refractivity contribution in [3.05, 3.63) is 118 Å². The van der Waals surface area contributed by atoms with Crippen molar-refractivity contribution >= 4 is 22.4 Å². The Kier molecular flexibility index (Phi) is 5.34. The van der Waals surface area contributed by atoms with Crippen molar-refractivity contribution in [3.63, 3.8) is 0 Å². The van der Waals surface area contributed by atoms with Crippen LogP contribution in [-0.2, 0) is 11.2 Å². The van der Waals surface area contributed by atoms with Crippen LogP contribution in [-0.4, -0.2) is 10.9 Å². The SMILES string of the molecule is C[C@]1(C(=O)Nc2nccs2)Cc2ccc(C#Cc3ccccc3)cc2[C@H]1c1ccccc1. The summed E-state index contributed by atoms with van der Waals surface area (Å²) in [5.41, 5.74) is 4.82. The summed E-state index contributed by atoms with van der Waals surface area (Å²) >= 11 is 1.44. The van der Waals surface area contributed by atoms with Crippen molar-refractivity contribution in [1.29, 1.82) is 0 Å². The molecule has 0 spiro atoms. The minimum atomic E-state index is -0.624. The predicted molar refractivity (Wildman–Crippen MR) is 130 cm³/mol. The summed E-state index contributed by atoms with van der Waals surface area (Å²) in [4.78, 5) is 17.8. The van der Waals surface area contributed by atoms with Crippen LogP contribution >= 0.6 is 11.3 Å². The molecule has 3 aromatic carbocycles. The van der Waals surface area contributed by atoms with E-state index >= 15 is 0 Å². The molecule has 0 saturated carbocycles. The number of carbonyl (C=O) groups is 1. The lowest BCUT2D eigenvalue weighted by atomic mass is 9.73. The number of fused-ring (bicyclic) bond motifs is 1. The first-order chi connectivity index (χ1) is 15.6. The largest absolute Gasteiger partial charge is 0.301 e. The number of anilines is 1. The number of carbonyl (C=O) groups excluding carboxylic acids is 1. The number of rotatable bonds is 3. The molecule has 1 aromatic heterocycles. The summed E-state index contributed by atoms with van der Waals surface area (Å²) in [6, 6.07) is 26.6. The van der Waals surface area contributed by atoms with E-state index in [1.54, 1.807) is 6.20 Å². The zero-order valence-corrected chi connectivity index (χ0v) is 18.5. The molecule has 1 heterocycles. The zero-order chi connectivity index (χ0) is 22.0. The molecule has 0 radical (unpaired) electrons. The first kappa shape index (κ1) is 20.2. The van der Waals surface area contributed by atoms with E-state index in [0.717, 1.165) is 16.7 Å². The maximum Gasteiger partial charge on any atom is 0.233 e. The summed E-state index contributed by atoms with van der Waals surface area (Å²) < 4.78 is 0. The maximum atomic E-state index is 13.5. The number of hydrogen-bond acceptors (Lipinski definition) is 3. The van der Waals surface area contributed by atoms with Gasteiger partial charge in [0, 0.05) is 28.6 Å². The van der Waals surface area contributed by atoms with Gasteiger partial charge in [-0.05, 0) is 54.3 Å². The average molecular weight is 435 g/mol. The number of thiazole rings is 1. The van der Waals surface area contributed by atoms with Gasteiger partial charge in [0.15, 0.2) is 5.13 Å². The van der Waals surface area contributed by atoms with E-state index in [1.165, 1.54) is 22.5 Å². The number of hydrogen-bond donors (Lipinski definition) is 1. The quantitative estimate of drug-likeness (QED) is 0.409. The highest BCUT2D eigenvalue weighted by atomic mass is 32.1. The van der Waals surface area contributed by atoms with Crippen LogP contribution in [0.15, 0.2) is 90.4 Å². The fraction of sp³-hybridized carbons (Fsp3) is 0.143. The van der Waals surface area contributed by atoms with Gasteiger partial charge in [-0.15, -0.1) is 11.3 Å². The highest BCUT2D eigenvalue weighted by Gasteiger charge is 2.48. The summed E-state index contributed by atoms with van der Waals surface area (Å²) in [6.07, 6.45) is 2.38. The summed E-state index contributed by atoms with van der Waals surface area (Å²) in [5, 5.41) is 5.54. The molecule has 0 fully saturated rings. The van der Waals surface area contributed by atoms with E-state index < -0.39 is 5.41 Å². The van der Waals surface area contributed by atoms with Crippen molar-refractivity contribution in [2.75, 3.05) is 5.32 Å². The van der Waals surface area contributed by atoms with Crippen LogP contribution in [0.25, 0.3) is 0 Å². The Bertz CT molecular complexity index is 1300. The highest BCUT2D eigenvalue weighted by molar-refractivity contribution is 7.13. The Morgan fingerprint density at radius 2 is 1.72 bits per heavy atom. The Hall–Kier alpha value is -3.68. The molecule has 0 unspecified atom stereocenters. The van der Waals surface area contributed by atoms with Crippen molar-refractivity contribution in [2.45, 2.75) is 19.3 Å². The van der Waals surface area contributed by atoms with Crippen LogP contribution in [0.4, 0.5) is 5.13 Å². The summed E-state index contributed by atoms with van der Waals surface area (Å²) in [5.74, 6) is 6.48. The maximum absolute atomic E-state index is 13.5. The van der Waals surface area contributed by atoms with Gasteiger partial charge >= 0.3 is 0 Å². The Morgan fingerprint density at radius 3 is 2.44 bits per heavy atom. The molecule has 4 aromatic rings. The first-order valence-corrected chi connectivity index (χ1v) is 11.5. The standard InChI is InChI=1S/C28H22N2OS/c1-28(26(31)30-27-29-16-17-32-27)19-23-15-14-21(13-12-20-8-4-2-5-9-20)18-24(23)25(28)22-10-6-3-7-11-22/h2-11,14-18,25H,19H2,1H3,(H,29,30,31)/t25-,28+/m1/s1. The van der Waals surface area contributed by atoms with Gasteiger partial charge in [-0.1, -0.05) is 66.4 Å². The van der Waals surface area contributed by atoms with E-state index in [4.69, 9.17) is 0 Å². The van der Waals surface area contributed by atoms with E-state index in [9.17, 15) is 4.79 Å². The monoisotopic (exact) mass is 434 g/mol. The molecular weight excluding hydrogens is 412 g/mol. The Morgan fingerprint density at radius 1 is 1.00 bits per heavy atom. The van der Waals surface area contributed by atoms with Crippen LogP contribution in [0.3, 0.4) is 0 Å². The van der Waals surface area contributed by atoms with E-state index in [1.807, 2.05) is 53.9 Å². The Balaban J connectivity index is 1.55. The third-order valence-corrected chi connectivity index (χ3v) is 6.77. The van der Waals surface area contributed by atoms with Crippen LogP contribution in [0, 0.1) is 17.3 Å². The molecule has 156 valence electrons. The third kappa shape index (κ3) is 3.84. The molecule has 0 aliphatic heterocycles. The third-order valence-electron chi connectivity index (χ3n) is 6.08. The van der Waals surface area contributed by atoms with Crippen LogP contribution in [0.2, 0.25) is 0 Å². The van der Waals surface area contributed by atoms with Crippen molar-refractivity contribution in [1.82, 2.24) is 4.98 Å². The molecule has 2 atom stereocenters. The fourth-order valence-electron chi connectivity index (χ4n) is 4.54. The first-order valence-electron chi connectivity index (χ1n) is 10.6. The van der Waals surface area contributed by atoms with Gasteiger partial charge in [-0.25, -0.2) is 4.98 Å².